The highest BCUT2D eigenvalue weighted by Gasteiger charge is 2.16. The van der Waals surface area contributed by atoms with Gasteiger partial charge in [0, 0.05) is 31.5 Å². The molecule has 1 fully saturated rings. The van der Waals surface area contributed by atoms with Crippen LogP contribution >= 0.6 is 11.3 Å². The number of thiazole rings is 1. The molecule has 1 aliphatic rings. The molecule has 154 valence electrons. The Kier molecular flexibility index (Phi) is 6.22. The Morgan fingerprint density at radius 1 is 1.34 bits per heavy atom. The fourth-order valence-electron chi connectivity index (χ4n) is 3.46. The molecule has 0 bridgehead atoms. The Labute approximate surface area is 174 Å². The summed E-state index contributed by atoms with van der Waals surface area (Å²) in [6.45, 7) is 7.94. The summed E-state index contributed by atoms with van der Waals surface area (Å²) in [5, 5.41) is 10.8. The molecule has 0 radical (unpaired) electrons. The lowest BCUT2D eigenvalue weighted by Crippen LogP contribution is -2.20. The molecule has 0 amide bonds. The van der Waals surface area contributed by atoms with Crippen molar-refractivity contribution < 1.29 is 9.47 Å². The Bertz CT molecular complexity index is 1030. The van der Waals surface area contributed by atoms with Crippen LogP contribution < -0.4 is 4.80 Å². The van der Waals surface area contributed by atoms with E-state index in [0.29, 0.717) is 19.1 Å². The van der Waals surface area contributed by atoms with Crippen molar-refractivity contribution in [3.05, 3.63) is 45.7 Å². The van der Waals surface area contributed by atoms with Gasteiger partial charge in [-0.05, 0) is 31.9 Å². The minimum absolute atomic E-state index is 0.515. The summed E-state index contributed by atoms with van der Waals surface area (Å²) < 4.78 is 13.6. The Morgan fingerprint density at radius 2 is 2.24 bits per heavy atom. The van der Waals surface area contributed by atoms with Crippen LogP contribution in [0.15, 0.2) is 34.8 Å². The summed E-state index contributed by atoms with van der Waals surface area (Å²) in [6, 6.07) is 6.33. The van der Waals surface area contributed by atoms with Crippen molar-refractivity contribution in [2.24, 2.45) is 18.0 Å². The fraction of sp³-hybridized carbons (Fsp3) is 0.476. The maximum atomic E-state index is 5.95. The number of hydrogen-bond donors (Lipinski definition) is 0. The highest BCUT2D eigenvalue weighted by Crippen LogP contribution is 2.21. The maximum absolute atomic E-state index is 5.95. The molecule has 3 aromatic rings. The quantitative estimate of drug-likeness (QED) is 0.558. The van der Waals surface area contributed by atoms with Gasteiger partial charge in [-0.3, -0.25) is 0 Å². The second-order valence-electron chi connectivity index (χ2n) is 7.48. The minimum Gasteiger partial charge on any atom is -0.381 e. The molecule has 0 aliphatic carbocycles. The van der Waals surface area contributed by atoms with Crippen molar-refractivity contribution in [1.29, 1.82) is 0 Å². The van der Waals surface area contributed by atoms with Gasteiger partial charge in [0.05, 0.1) is 37.4 Å². The number of hydrogen-bond acceptors (Lipinski definition) is 6. The molecule has 7 nitrogen and oxygen atoms in total. The van der Waals surface area contributed by atoms with E-state index in [4.69, 9.17) is 14.5 Å². The Morgan fingerprint density at radius 3 is 2.97 bits per heavy atom. The van der Waals surface area contributed by atoms with Crippen LogP contribution in [0.5, 0.6) is 0 Å². The SMILES string of the molecule is Cc1ccc(N=c2scc(-c3cnn(C)n3)n2CCOCC2CCOC2)c(C)c1. The van der Waals surface area contributed by atoms with E-state index < -0.39 is 0 Å². The van der Waals surface area contributed by atoms with Gasteiger partial charge in [-0.1, -0.05) is 17.7 Å². The average Bonchev–Trinajstić information content (AvgIpc) is 3.43. The van der Waals surface area contributed by atoms with Crippen LogP contribution in [0.3, 0.4) is 0 Å². The third kappa shape index (κ3) is 4.83. The predicted molar refractivity (Wildman–Crippen MR) is 113 cm³/mol. The van der Waals surface area contributed by atoms with E-state index in [2.05, 4.69) is 52.2 Å². The van der Waals surface area contributed by atoms with E-state index >= 15 is 0 Å². The molecule has 1 aromatic carbocycles. The van der Waals surface area contributed by atoms with E-state index in [9.17, 15) is 0 Å². The zero-order valence-electron chi connectivity index (χ0n) is 17.2. The van der Waals surface area contributed by atoms with Crippen LogP contribution in [-0.4, -0.2) is 46.0 Å². The molecule has 2 aromatic heterocycles. The molecule has 0 N–H and O–H groups in total. The van der Waals surface area contributed by atoms with Gasteiger partial charge in [0.2, 0.25) is 0 Å². The molecular weight excluding hydrogens is 386 g/mol. The highest BCUT2D eigenvalue weighted by molar-refractivity contribution is 7.07. The summed E-state index contributed by atoms with van der Waals surface area (Å²) >= 11 is 1.62. The van der Waals surface area contributed by atoms with Crippen LogP contribution in [0, 0.1) is 19.8 Å². The lowest BCUT2D eigenvalue weighted by atomic mass is 10.1. The Hall–Kier alpha value is -2.29. The summed E-state index contributed by atoms with van der Waals surface area (Å²) in [5.41, 5.74) is 5.25. The van der Waals surface area contributed by atoms with Crippen molar-refractivity contribution in [2.75, 3.05) is 26.4 Å². The van der Waals surface area contributed by atoms with Gasteiger partial charge in [0.15, 0.2) is 4.80 Å². The first kappa shape index (κ1) is 20.0. The first-order chi connectivity index (χ1) is 14.1. The number of aryl methyl sites for hydroxylation is 3. The number of nitrogens with zero attached hydrogens (tertiary/aromatic N) is 5. The molecule has 1 unspecified atom stereocenters. The van der Waals surface area contributed by atoms with E-state index in [1.54, 1.807) is 22.3 Å². The predicted octanol–water partition coefficient (Wildman–Crippen LogP) is 3.25. The van der Waals surface area contributed by atoms with Crippen molar-refractivity contribution in [3.63, 3.8) is 0 Å². The second-order valence-corrected chi connectivity index (χ2v) is 8.32. The first-order valence-electron chi connectivity index (χ1n) is 9.92. The molecule has 8 heteroatoms. The van der Waals surface area contributed by atoms with Gasteiger partial charge in [0.25, 0.3) is 0 Å². The van der Waals surface area contributed by atoms with Crippen molar-refractivity contribution >= 4 is 17.0 Å². The largest absolute Gasteiger partial charge is 0.381 e. The summed E-state index contributed by atoms with van der Waals surface area (Å²) in [6.07, 6.45) is 2.87. The lowest BCUT2D eigenvalue weighted by molar-refractivity contribution is 0.0845. The van der Waals surface area contributed by atoms with E-state index in [1.807, 2.05) is 7.05 Å². The van der Waals surface area contributed by atoms with Crippen molar-refractivity contribution in [2.45, 2.75) is 26.8 Å². The van der Waals surface area contributed by atoms with Crippen molar-refractivity contribution in [3.8, 4) is 11.4 Å². The van der Waals surface area contributed by atoms with E-state index in [-0.39, 0.29) is 0 Å². The molecule has 0 saturated carbocycles. The standard InChI is InChI=1S/C21H27N5O2S/c1-15-4-5-18(16(2)10-15)23-21-26(7-9-28-13-17-6-8-27-12-17)20(14-29-21)19-11-22-25(3)24-19/h4-5,10-11,14,17H,6-9,12-13H2,1-3H3. The van der Waals surface area contributed by atoms with E-state index in [0.717, 1.165) is 48.1 Å². The smallest absolute Gasteiger partial charge is 0.190 e. The molecule has 4 rings (SSSR count). The lowest BCUT2D eigenvalue weighted by Gasteiger charge is -2.11. The van der Waals surface area contributed by atoms with Gasteiger partial charge < -0.3 is 14.0 Å². The number of ether oxygens (including phenoxy) is 2. The van der Waals surface area contributed by atoms with Crippen molar-refractivity contribution in [1.82, 2.24) is 19.6 Å². The average molecular weight is 414 g/mol. The molecule has 1 saturated heterocycles. The zero-order chi connectivity index (χ0) is 20.2. The maximum Gasteiger partial charge on any atom is 0.190 e. The van der Waals surface area contributed by atoms with Gasteiger partial charge >= 0.3 is 0 Å². The zero-order valence-corrected chi connectivity index (χ0v) is 18.0. The normalized spacial score (nSPS) is 17.3. The second kappa shape index (κ2) is 9.02. The number of rotatable bonds is 7. The Balaban J connectivity index is 1.60. The monoisotopic (exact) mass is 413 g/mol. The van der Waals surface area contributed by atoms with Crippen LogP contribution in [0.2, 0.25) is 0 Å². The summed E-state index contributed by atoms with van der Waals surface area (Å²) in [5.74, 6) is 0.515. The topological polar surface area (TPSA) is 66.5 Å². The third-order valence-corrected chi connectivity index (χ3v) is 5.93. The minimum atomic E-state index is 0.515. The molecule has 29 heavy (non-hydrogen) atoms. The van der Waals surface area contributed by atoms with Crippen LogP contribution in [0.1, 0.15) is 17.5 Å². The number of aromatic nitrogens is 4. The molecule has 1 aliphatic heterocycles. The van der Waals surface area contributed by atoms with Crippen LogP contribution in [0.4, 0.5) is 5.69 Å². The van der Waals surface area contributed by atoms with E-state index in [1.165, 1.54) is 11.1 Å². The first-order valence-corrected chi connectivity index (χ1v) is 10.8. The third-order valence-electron chi connectivity index (χ3n) is 5.06. The van der Waals surface area contributed by atoms with Gasteiger partial charge in [-0.15, -0.1) is 11.3 Å². The fourth-order valence-corrected chi connectivity index (χ4v) is 4.39. The molecule has 1 atom stereocenters. The van der Waals surface area contributed by atoms with Gasteiger partial charge in [-0.25, -0.2) is 4.99 Å². The molecule has 0 spiro atoms. The molecular formula is C21H27N5O2S. The summed E-state index contributed by atoms with van der Waals surface area (Å²) in [7, 11) is 1.83. The van der Waals surface area contributed by atoms with Crippen LogP contribution in [-0.2, 0) is 23.1 Å². The molecule has 3 heterocycles. The highest BCUT2D eigenvalue weighted by atomic mass is 32.1. The summed E-state index contributed by atoms with van der Waals surface area (Å²) in [4.78, 5) is 7.46. The number of benzene rings is 1. The van der Waals surface area contributed by atoms with Gasteiger partial charge in [0.1, 0.15) is 5.69 Å². The van der Waals surface area contributed by atoms with Crippen LogP contribution in [0.25, 0.3) is 11.4 Å². The van der Waals surface area contributed by atoms with Gasteiger partial charge in [-0.2, -0.15) is 15.0 Å².